The molecule has 0 amide bonds. The van der Waals surface area contributed by atoms with Crippen molar-refractivity contribution in [3.8, 4) is 0 Å². The van der Waals surface area contributed by atoms with Gasteiger partial charge in [0.05, 0.1) is 30.5 Å². The van der Waals surface area contributed by atoms with Gasteiger partial charge in [0.15, 0.2) is 0 Å². The zero-order chi connectivity index (χ0) is 26.7. The average molecular weight is 532 g/mol. The summed E-state index contributed by atoms with van der Waals surface area (Å²) in [5.41, 5.74) is -1.78. The summed E-state index contributed by atoms with van der Waals surface area (Å²) in [6, 6.07) is 0. The van der Waals surface area contributed by atoms with E-state index in [-0.39, 0.29) is 42.1 Å². The Kier molecular flexibility index (Phi) is 8.00. The number of aliphatic hydroxyl groups excluding tert-OH is 3. The molecule has 0 aromatic rings. The first-order valence-corrected chi connectivity index (χ1v) is 15.3. The van der Waals surface area contributed by atoms with Crippen LogP contribution in [0.3, 0.4) is 0 Å². The number of rotatable bonds is 8. The lowest BCUT2D eigenvalue weighted by molar-refractivity contribution is -0.268. The largest absolute Gasteiger partial charge is 0.726 e. The van der Waals surface area contributed by atoms with Crippen LogP contribution < -0.4 is 0 Å². The minimum atomic E-state index is -4.66. The van der Waals surface area contributed by atoms with Gasteiger partial charge in [0.25, 0.3) is 0 Å². The van der Waals surface area contributed by atoms with Crippen LogP contribution in [-0.2, 0) is 14.6 Å². The summed E-state index contributed by atoms with van der Waals surface area (Å²) in [4.78, 5) is 0. The van der Waals surface area contributed by atoms with Crippen molar-refractivity contribution in [3.63, 3.8) is 0 Å². The van der Waals surface area contributed by atoms with Gasteiger partial charge in [-0.15, -0.1) is 0 Å². The zero-order valence-electron chi connectivity index (χ0n) is 22.3. The molecule has 0 unspecified atom stereocenters. The van der Waals surface area contributed by atoms with Gasteiger partial charge in [-0.25, -0.2) is 8.42 Å². The molecule has 8 nitrogen and oxygen atoms in total. The third-order valence-electron chi connectivity index (χ3n) is 11.4. The van der Waals surface area contributed by atoms with E-state index >= 15 is 0 Å². The van der Waals surface area contributed by atoms with Gasteiger partial charge in [-0.2, -0.15) is 0 Å². The fraction of sp³-hybridized carbons (Fsp3) is 1.00. The van der Waals surface area contributed by atoms with Gasteiger partial charge in [-0.1, -0.05) is 40.5 Å². The Morgan fingerprint density at radius 3 is 2.42 bits per heavy atom. The average Bonchev–Trinajstić information content (AvgIpc) is 3.05. The number of fused-ring (bicyclic) bond motifs is 5. The van der Waals surface area contributed by atoms with E-state index in [2.05, 4.69) is 25.0 Å². The first-order valence-electron chi connectivity index (χ1n) is 14.0. The van der Waals surface area contributed by atoms with Crippen molar-refractivity contribution in [2.45, 2.75) is 116 Å². The van der Waals surface area contributed by atoms with E-state index in [0.717, 1.165) is 38.5 Å². The predicted octanol–water partition coefficient (Wildman–Crippen LogP) is 2.98. The van der Waals surface area contributed by atoms with Crippen LogP contribution in [0.25, 0.3) is 0 Å². The predicted molar refractivity (Wildman–Crippen MR) is 133 cm³/mol. The molecule has 0 spiro atoms. The Balaban J connectivity index is 1.44. The summed E-state index contributed by atoms with van der Waals surface area (Å²) in [6.07, 6.45) is 5.45. The molecule has 210 valence electrons. The minimum Gasteiger partial charge on any atom is -0.726 e. The van der Waals surface area contributed by atoms with Crippen LogP contribution in [0.4, 0.5) is 0 Å². The van der Waals surface area contributed by atoms with Crippen molar-refractivity contribution >= 4 is 10.4 Å². The normalized spacial score (nSPS) is 48.5. The highest BCUT2D eigenvalue weighted by Gasteiger charge is 2.68. The molecule has 0 bridgehead atoms. The Morgan fingerprint density at radius 2 is 1.75 bits per heavy atom. The van der Waals surface area contributed by atoms with E-state index in [0.29, 0.717) is 31.1 Å². The lowest BCUT2D eigenvalue weighted by Crippen LogP contribution is -2.69. The molecule has 4 N–H and O–H groups in total. The summed E-state index contributed by atoms with van der Waals surface area (Å²) < 4.78 is 36.5. The van der Waals surface area contributed by atoms with Crippen molar-refractivity contribution in [3.05, 3.63) is 0 Å². The Labute approximate surface area is 216 Å². The van der Waals surface area contributed by atoms with Gasteiger partial charge in [0.1, 0.15) is 0 Å². The molecule has 0 saturated heterocycles. The summed E-state index contributed by atoms with van der Waals surface area (Å²) >= 11 is 0. The summed E-state index contributed by atoms with van der Waals surface area (Å²) in [5.74, 6) is 1.17. The molecule has 0 aromatic heterocycles. The molecule has 4 aliphatic carbocycles. The highest BCUT2D eigenvalue weighted by Crippen LogP contribution is 2.69. The van der Waals surface area contributed by atoms with Crippen LogP contribution in [-0.4, -0.2) is 63.9 Å². The zero-order valence-corrected chi connectivity index (χ0v) is 23.1. The van der Waals surface area contributed by atoms with Gasteiger partial charge >= 0.3 is 0 Å². The maximum atomic E-state index is 11.6. The van der Waals surface area contributed by atoms with E-state index in [1.165, 1.54) is 0 Å². The van der Waals surface area contributed by atoms with Gasteiger partial charge in [0, 0.05) is 11.8 Å². The van der Waals surface area contributed by atoms with Crippen molar-refractivity contribution in [2.24, 2.45) is 46.3 Å². The molecule has 12 atom stereocenters. The van der Waals surface area contributed by atoms with Crippen LogP contribution >= 0.6 is 0 Å². The van der Waals surface area contributed by atoms with E-state index in [9.17, 15) is 33.4 Å². The fourth-order valence-corrected chi connectivity index (χ4v) is 9.93. The standard InChI is InChI=1S/C27H48O8S/c1-16(15-35-36(32,33)34)6-5-7-17(2)21-13-22(29)24-19-12-23(30)27(31)14-18(28)8-11-26(27,4)20(19)9-10-25(21,24)3/h16-24,28-31H,5-15H2,1-4H3,(H,32,33,34)/p-1/t16-,17+,18-,19+,20-,21+,22-,23+,24+,25+,26+,27-/m0/s1. The highest BCUT2D eigenvalue weighted by atomic mass is 32.3. The van der Waals surface area contributed by atoms with E-state index < -0.39 is 39.7 Å². The third kappa shape index (κ3) is 4.91. The Morgan fingerprint density at radius 1 is 1.06 bits per heavy atom. The smallest absolute Gasteiger partial charge is 0.217 e. The summed E-state index contributed by atoms with van der Waals surface area (Å²) in [5, 5.41) is 44.5. The minimum absolute atomic E-state index is 0.0221. The van der Waals surface area contributed by atoms with E-state index in [4.69, 9.17) is 0 Å². The lowest BCUT2D eigenvalue weighted by Gasteiger charge is -2.65. The van der Waals surface area contributed by atoms with Gasteiger partial charge < -0.3 is 25.0 Å². The van der Waals surface area contributed by atoms with E-state index in [1.54, 1.807) is 0 Å². The third-order valence-corrected chi connectivity index (χ3v) is 11.9. The van der Waals surface area contributed by atoms with Gasteiger partial charge in [-0.05, 0) is 85.9 Å². The molecule has 4 aliphatic rings. The fourth-order valence-electron chi connectivity index (χ4n) is 9.53. The van der Waals surface area contributed by atoms with Crippen LogP contribution in [0.5, 0.6) is 0 Å². The van der Waals surface area contributed by atoms with Crippen LogP contribution in [0.2, 0.25) is 0 Å². The molecule has 0 aliphatic heterocycles. The maximum Gasteiger partial charge on any atom is 0.217 e. The van der Waals surface area contributed by atoms with Crippen molar-refractivity contribution in [1.29, 1.82) is 0 Å². The molecule has 0 aromatic carbocycles. The first kappa shape index (κ1) is 28.7. The molecule has 4 rings (SSSR count). The second-order valence-corrected chi connectivity index (χ2v) is 14.5. The second-order valence-electron chi connectivity index (χ2n) is 13.4. The molecular weight excluding hydrogens is 484 g/mol. The molecule has 36 heavy (non-hydrogen) atoms. The van der Waals surface area contributed by atoms with Gasteiger partial charge in [-0.3, -0.25) is 4.18 Å². The first-order chi connectivity index (χ1) is 16.6. The molecule has 0 heterocycles. The Bertz CT molecular complexity index is 896. The number of aliphatic hydroxyl groups is 4. The molecular formula is C27H47O8S-. The van der Waals surface area contributed by atoms with Crippen LogP contribution in [0, 0.1) is 46.3 Å². The SMILES string of the molecule is C[C@@H](CCC[C@@H](C)[C@H]1C[C@H](O)[C@H]2[C@@H]3C[C@@H](O)[C@@]4(O)C[C@@H](O)CC[C@]4(C)[C@H]3CC[C@@]21C)COS(=O)(=O)[O-]. The Hall–Kier alpha value is -0.290. The molecule has 9 heteroatoms. The van der Waals surface area contributed by atoms with Crippen LogP contribution in [0.1, 0.15) is 91.9 Å². The topological polar surface area (TPSA) is 147 Å². The summed E-state index contributed by atoms with van der Waals surface area (Å²) in [6.45, 7) is 8.47. The second kappa shape index (κ2) is 10.0. The van der Waals surface area contributed by atoms with Gasteiger partial charge in [0.2, 0.25) is 10.4 Å². The molecule has 0 radical (unpaired) electrons. The monoisotopic (exact) mass is 531 g/mol. The van der Waals surface area contributed by atoms with Crippen molar-refractivity contribution < 1.29 is 37.6 Å². The highest BCUT2D eigenvalue weighted by molar-refractivity contribution is 7.80. The molecule has 4 fully saturated rings. The number of hydrogen-bond acceptors (Lipinski definition) is 8. The maximum absolute atomic E-state index is 11.6. The van der Waals surface area contributed by atoms with Crippen molar-refractivity contribution in [1.82, 2.24) is 0 Å². The lowest BCUT2D eigenvalue weighted by atomic mass is 9.42. The number of hydrogen-bond donors (Lipinski definition) is 4. The van der Waals surface area contributed by atoms with Crippen molar-refractivity contribution in [2.75, 3.05) is 6.61 Å². The summed E-state index contributed by atoms with van der Waals surface area (Å²) in [7, 11) is -4.66. The quantitative estimate of drug-likeness (QED) is 0.276. The molecule has 4 saturated carbocycles. The van der Waals surface area contributed by atoms with Crippen LogP contribution in [0.15, 0.2) is 0 Å². The van der Waals surface area contributed by atoms with E-state index in [1.807, 2.05) is 6.92 Å².